The van der Waals surface area contributed by atoms with Crippen molar-refractivity contribution in [3.8, 4) is 5.88 Å². The molecule has 1 aliphatic heterocycles. The number of amides is 1. The minimum Gasteiger partial charge on any atom is -0.494 e. The van der Waals surface area contributed by atoms with Gasteiger partial charge in [0.05, 0.1) is 19.3 Å². The molecule has 0 spiro atoms. The number of ether oxygens (including phenoxy) is 2. The number of nitrogens with two attached hydrogens (primary N) is 1. The van der Waals surface area contributed by atoms with E-state index in [0.717, 1.165) is 23.8 Å². The predicted molar refractivity (Wildman–Crippen MR) is 139 cm³/mol. The van der Waals surface area contributed by atoms with Crippen LogP contribution in [-0.2, 0) is 16.0 Å². The first kappa shape index (κ1) is 28.7. The van der Waals surface area contributed by atoms with E-state index in [0.29, 0.717) is 45.6 Å². The molecule has 1 amide bonds. The molecule has 0 atom stereocenters. The maximum atomic E-state index is 13.2. The molecule has 37 heavy (non-hydrogen) atoms. The number of hydrogen-bond donors (Lipinski definition) is 4. The van der Waals surface area contributed by atoms with Gasteiger partial charge in [-0.25, -0.2) is 9.59 Å². The van der Waals surface area contributed by atoms with E-state index in [4.69, 9.17) is 20.6 Å². The third kappa shape index (κ3) is 6.92. The number of nitrogen functional groups attached to an aromatic ring is 1. The quantitative estimate of drug-likeness (QED) is 0.265. The second-order valence-corrected chi connectivity index (χ2v) is 10.9. The van der Waals surface area contributed by atoms with Gasteiger partial charge in [-0.1, -0.05) is 13.3 Å². The molecular weight excluding hydrogens is 480 g/mol. The fourth-order valence-electron chi connectivity index (χ4n) is 5.06. The lowest BCUT2D eigenvalue weighted by Gasteiger charge is -2.44. The number of amidine groups is 1. The third-order valence-corrected chi connectivity index (χ3v) is 6.98. The first-order valence-electron chi connectivity index (χ1n) is 13.2. The zero-order chi connectivity index (χ0) is 27.3. The average molecular weight is 523 g/mol. The van der Waals surface area contributed by atoms with Gasteiger partial charge in [0.2, 0.25) is 5.88 Å². The van der Waals surface area contributed by atoms with Crippen LogP contribution in [-0.4, -0.2) is 75.1 Å². The van der Waals surface area contributed by atoms with Crippen LogP contribution in [0.3, 0.4) is 0 Å². The molecule has 2 aliphatic rings. The Balaban J connectivity index is 1.73. The van der Waals surface area contributed by atoms with Crippen molar-refractivity contribution in [3.63, 3.8) is 0 Å². The standard InChI is InChI=1S/C25H42N6O6/c1-5-6-12-30-21(32)19(20(26)27)22(33)31(24(30)35)17-9-7-16(8-10-17)29(18-14-36-15-18)13-11-28-23(34)37-25(2,3)4/h16-18,32H,5-15H2,1-4H3,(H3,26,27)(H,28,34). The van der Waals surface area contributed by atoms with E-state index in [1.165, 1.54) is 4.57 Å². The first-order valence-corrected chi connectivity index (χ1v) is 13.2. The van der Waals surface area contributed by atoms with Crippen LogP contribution in [0.1, 0.15) is 77.8 Å². The first-order chi connectivity index (χ1) is 17.4. The van der Waals surface area contributed by atoms with Gasteiger partial charge in [-0.3, -0.25) is 24.2 Å². The van der Waals surface area contributed by atoms with Crippen molar-refractivity contribution >= 4 is 11.9 Å². The topological polar surface area (TPSA) is 165 Å². The van der Waals surface area contributed by atoms with Crippen LogP contribution in [0.2, 0.25) is 0 Å². The van der Waals surface area contributed by atoms with E-state index in [-0.39, 0.29) is 30.2 Å². The largest absolute Gasteiger partial charge is 0.494 e. The van der Waals surface area contributed by atoms with E-state index in [1.807, 2.05) is 27.7 Å². The summed E-state index contributed by atoms with van der Waals surface area (Å²) in [7, 11) is 0. The van der Waals surface area contributed by atoms with Crippen molar-refractivity contribution in [1.29, 1.82) is 5.41 Å². The molecular formula is C25H42N6O6. The number of carbonyl (C=O) groups is 1. The van der Waals surface area contributed by atoms with E-state index < -0.39 is 34.7 Å². The highest BCUT2D eigenvalue weighted by atomic mass is 16.6. The van der Waals surface area contributed by atoms with Gasteiger partial charge in [0, 0.05) is 31.7 Å². The maximum Gasteiger partial charge on any atom is 0.407 e. The Morgan fingerprint density at radius 3 is 2.38 bits per heavy atom. The van der Waals surface area contributed by atoms with E-state index in [9.17, 15) is 19.5 Å². The monoisotopic (exact) mass is 522 g/mol. The Morgan fingerprint density at radius 2 is 1.86 bits per heavy atom. The predicted octanol–water partition coefficient (Wildman–Crippen LogP) is 1.51. The van der Waals surface area contributed by atoms with Crippen molar-refractivity contribution < 1.29 is 19.4 Å². The van der Waals surface area contributed by atoms with Gasteiger partial charge in [-0.05, 0) is 52.9 Å². The molecule has 2 heterocycles. The van der Waals surface area contributed by atoms with Gasteiger partial charge < -0.3 is 25.6 Å². The third-order valence-electron chi connectivity index (χ3n) is 6.98. The molecule has 1 saturated carbocycles. The fraction of sp³-hybridized carbons (Fsp3) is 0.760. The molecule has 5 N–H and O–H groups in total. The van der Waals surface area contributed by atoms with Crippen molar-refractivity contribution in [2.75, 3.05) is 26.3 Å². The number of aromatic nitrogens is 2. The number of carbonyl (C=O) groups excluding carboxylic acids is 1. The van der Waals surface area contributed by atoms with Gasteiger partial charge in [-0.2, -0.15) is 0 Å². The zero-order valence-electron chi connectivity index (χ0n) is 22.4. The van der Waals surface area contributed by atoms with Crippen LogP contribution in [0.25, 0.3) is 0 Å². The molecule has 12 nitrogen and oxygen atoms in total. The highest BCUT2D eigenvalue weighted by Crippen LogP contribution is 2.32. The summed E-state index contributed by atoms with van der Waals surface area (Å²) in [6.07, 6.45) is 3.70. The smallest absolute Gasteiger partial charge is 0.407 e. The van der Waals surface area contributed by atoms with Crippen molar-refractivity contribution in [1.82, 2.24) is 19.4 Å². The summed E-state index contributed by atoms with van der Waals surface area (Å²) in [4.78, 5) is 40.8. The van der Waals surface area contributed by atoms with Crippen LogP contribution in [0.5, 0.6) is 5.88 Å². The van der Waals surface area contributed by atoms with Crippen molar-refractivity contribution in [2.24, 2.45) is 5.73 Å². The molecule has 12 heteroatoms. The molecule has 0 unspecified atom stereocenters. The summed E-state index contributed by atoms with van der Waals surface area (Å²) in [5.74, 6) is -1.08. The molecule has 1 aromatic heterocycles. The van der Waals surface area contributed by atoms with Crippen LogP contribution in [0.15, 0.2) is 9.59 Å². The number of rotatable bonds is 10. The van der Waals surface area contributed by atoms with Crippen molar-refractivity contribution in [3.05, 3.63) is 26.4 Å². The number of alkyl carbamates (subject to hydrolysis) is 1. The number of hydrogen-bond acceptors (Lipinski definition) is 8. The van der Waals surface area contributed by atoms with Gasteiger partial charge in [0.25, 0.3) is 5.56 Å². The number of aromatic hydroxyl groups is 1. The van der Waals surface area contributed by atoms with Crippen LogP contribution >= 0.6 is 0 Å². The summed E-state index contributed by atoms with van der Waals surface area (Å²) in [6.45, 7) is 10.0. The molecule has 0 aromatic carbocycles. The maximum absolute atomic E-state index is 13.2. The Morgan fingerprint density at radius 1 is 1.22 bits per heavy atom. The lowest BCUT2D eigenvalue weighted by Crippen LogP contribution is -2.56. The number of nitrogens with one attached hydrogen (secondary N) is 2. The Bertz CT molecular complexity index is 1080. The molecule has 0 radical (unpaired) electrons. The number of unbranched alkanes of at least 4 members (excludes halogenated alkanes) is 1. The van der Waals surface area contributed by atoms with Crippen LogP contribution in [0.4, 0.5) is 4.79 Å². The second kappa shape index (κ2) is 12.1. The molecule has 208 valence electrons. The number of nitrogens with zero attached hydrogens (tertiary/aromatic N) is 3. The van der Waals surface area contributed by atoms with Crippen LogP contribution in [0, 0.1) is 5.41 Å². The van der Waals surface area contributed by atoms with Gasteiger partial charge in [0.1, 0.15) is 17.0 Å². The van der Waals surface area contributed by atoms with Gasteiger partial charge in [-0.15, -0.1) is 0 Å². The minimum atomic E-state index is -0.711. The molecule has 1 aromatic rings. The van der Waals surface area contributed by atoms with Gasteiger partial charge in [0.15, 0.2) is 0 Å². The summed E-state index contributed by atoms with van der Waals surface area (Å²) in [5, 5.41) is 21.2. The second-order valence-electron chi connectivity index (χ2n) is 10.9. The summed E-state index contributed by atoms with van der Waals surface area (Å²) in [6, 6.07) is 0.129. The Labute approximate surface area is 217 Å². The summed E-state index contributed by atoms with van der Waals surface area (Å²) >= 11 is 0. The lowest BCUT2D eigenvalue weighted by molar-refractivity contribution is -0.0846. The lowest BCUT2D eigenvalue weighted by atomic mass is 9.88. The highest BCUT2D eigenvalue weighted by Gasteiger charge is 2.35. The molecule has 0 bridgehead atoms. The SMILES string of the molecule is CCCCn1c(O)c(C(=N)N)c(=O)n(C2CCC(N(CCNC(=O)OC(C)(C)C)C3COC3)CC2)c1=O. The Kier molecular flexibility index (Phi) is 9.41. The molecule has 1 saturated heterocycles. The Hall–Kier alpha value is -2.86. The molecule has 3 rings (SSSR count). The minimum absolute atomic E-state index is 0.216. The normalized spacial score (nSPS) is 20.5. The van der Waals surface area contributed by atoms with E-state index >= 15 is 0 Å². The highest BCUT2D eigenvalue weighted by molar-refractivity contribution is 5.96. The zero-order valence-corrected chi connectivity index (χ0v) is 22.4. The van der Waals surface area contributed by atoms with Gasteiger partial charge >= 0.3 is 11.8 Å². The van der Waals surface area contributed by atoms with Crippen molar-refractivity contribution in [2.45, 2.75) is 96.5 Å². The molecule has 2 fully saturated rings. The fourth-order valence-corrected chi connectivity index (χ4v) is 5.06. The van der Waals surface area contributed by atoms with Crippen LogP contribution < -0.4 is 22.3 Å². The average Bonchev–Trinajstić information content (AvgIpc) is 2.76. The summed E-state index contributed by atoms with van der Waals surface area (Å²) < 4.78 is 13.1. The van der Waals surface area contributed by atoms with E-state index in [2.05, 4.69) is 10.2 Å². The summed E-state index contributed by atoms with van der Waals surface area (Å²) in [5.41, 5.74) is 3.46. The van der Waals surface area contributed by atoms with E-state index in [1.54, 1.807) is 0 Å². The molecule has 1 aliphatic carbocycles.